The summed E-state index contributed by atoms with van der Waals surface area (Å²) in [7, 11) is 0. The number of aryl methyl sites for hydroxylation is 2. The van der Waals surface area contributed by atoms with Crippen LogP contribution in [0.25, 0.3) is 10.4 Å². The number of aldehydes is 1. The van der Waals surface area contributed by atoms with Gasteiger partial charge in [0.25, 0.3) is 0 Å². The fourth-order valence-corrected chi connectivity index (χ4v) is 3.12. The Kier molecular flexibility index (Phi) is 3.16. The molecule has 88 valence electrons. The zero-order valence-corrected chi connectivity index (χ0v) is 11.4. The van der Waals surface area contributed by atoms with Crippen molar-refractivity contribution in [1.29, 1.82) is 0 Å². The minimum absolute atomic E-state index is 0.790. The van der Waals surface area contributed by atoms with E-state index >= 15 is 0 Å². The highest BCUT2D eigenvalue weighted by atomic mass is 32.1. The van der Waals surface area contributed by atoms with E-state index in [1.807, 2.05) is 12.1 Å². The van der Waals surface area contributed by atoms with E-state index in [1.54, 1.807) is 11.3 Å². The predicted molar refractivity (Wildman–Crippen MR) is 74.1 cm³/mol. The molecule has 0 aliphatic rings. The highest BCUT2D eigenvalue weighted by Crippen LogP contribution is 2.35. The van der Waals surface area contributed by atoms with Gasteiger partial charge in [-0.15, -0.1) is 11.3 Å². The minimum atomic E-state index is 0.790. The van der Waals surface area contributed by atoms with E-state index in [0.717, 1.165) is 11.2 Å². The first-order valence-electron chi connectivity index (χ1n) is 5.67. The van der Waals surface area contributed by atoms with Crippen LogP contribution in [-0.4, -0.2) is 6.29 Å². The molecule has 0 fully saturated rings. The highest BCUT2D eigenvalue weighted by Gasteiger charge is 2.12. The smallest absolute Gasteiger partial charge is 0.160 e. The molecule has 0 bridgehead atoms. The molecule has 1 aromatic heterocycles. The van der Waals surface area contributed by atoms with Gasteiger partial charge in [-0.3, -0.25) is 4.79 Å². The fourth-order valence-electron chi connectivity index (χ4n) is 2.14. The van der Waals surface area contributed by atoms with E-state index in [0.29, 0.717) is 0 Å². The number of benzene rings is 1. The SMILES string of the molecule is Cc1cc(C)c(C)c(-c2ccc(C=O)s2)c1C. The Morgan fingerprint density at radius 2 is 1.59 bits per heavy atom. The molecule has 0 spiro atoms. The third-order valence-corrected chi connectivity index (χ3v) is 4.38. The van der Waals surface area contributed by atoms with Crippen LogP contribution < -0.4 is 0 Å². The Morgan fingerprint density at radius 3 is 2.06 bits per heavy atom. The van der Waals surface area contributed by atoms with Crippen LogP contribution in [0.3, 0.4) is 0 Å². The molecule has 0 atom stereocenters. The van der Waals surface area contributed by atoms with Gasteiger partial charge in [0.15, 0.2) is 6.29 Å². The molecule has 1 nitrogen and oxygen atoms in total. The van der Waals surface area contributed by atoms with Gasteiger partial charge in [0, 0.05) is 4.88 Å². The molecule has 0 aliphatic heterocycles. The number of rotatable bonds is 2. The molecule has 17 heavy (non-hydrogen) atoms. The van der Waals surface area contributed by atoms with Crippen LogP contribution in [0.1, 0.15) is 31.9 Å². The van der Waals surface area contributed by atoms with E-state index in [-0.39, 0.29) is 0 Å². The van der Waals surface area contributed by atoms with Crippen LogP contribution in [0.2, 0.25) is 0 Å². The molecule has 0 radical (unpaired) electrons. The lowest BCUT2D eigenvalue weighted by Gasteiger charge is -2.13. The summed E-state index contributed by atoms with van der Waals surface area (Å²) in [6, 6.07) is 6.16. The zero-order chi connectivity index (χ0) is 12.6. The molecule has 0 unspecified atom stereocenters. The Morgan fingerprint density at radius 1 is 1.00 bits per heavy atom. The molecule has 2 aromatic rings. The number of carbonyl (C=O) groups is 1. The first-order valence-corrected chi connectivity index (χ1v) is 6.49. The van der Waals surface area contributed by atoms with E-state index in [4.69, 9.17) is 0 Å². The van der Waals surface area contributed by atoms with Gasteiger partial charge >= 0.3 is 0 Å². The van der Waals surface area contributed by atoms with Crippen molar-refractivity contribution in [2.45, 2.75) is 27.7 Å². The van der Waals surface area contributed by atoms with Gasteiger partial charge in [0.2, 0.25) is 0 Å². The van der Waals surface area contributed by atoms with Crippen LogP contribution in [0.4, 0.5) is 0 Å². The Labute approximate surface area is 106 Å². The Balaban J connectivity index is 2.69. The highest BCUT2D eigenvalue weighted by molar-refractivity contribution is 7.17. The van der Waals surface area contributed by atoms with Crippen molar-refractivity contribution < 1.29 is 4.79 Å². The zero-order valence-electron chi connectivity index (χ0n) is 10.6. The van der Waals surface area contributed by atoms with Crippen molar-refractivity contribution in [2.75, 3.05) is 0 Å². The number of thiophene rings is 1. The van der Waals surface area contributed by atoms with Gasteiger partial charge in [0.05, 0.1) is 4.88 Å². The molecular weight excluding hydrogens is 228 g/mol. The van der Waals surface area contributed by atoms with Gasteiger partial charge in [-0.05, 0) is 67.6 Å². The summed E-state index contributed by atoms with van der Waals surface area (Å²) in [5.74, 6) is 0. The number of carbonyl (C=O) groups excluding carboxylic acids is 1. The van der Waals surface area contributed by atoms with Gasteiger partial charge in [0.1, 0.15) is 0 Å². The van der Waals surface area contributed by atoms with Crippen molar-refractivity contribution in [2.24, 2.45) is 0 Å². The molecule has 1 heterocycles. The minimum Gasteiger partial charge on any atom is -0.297 e. The summed E-state index contributed by atoms with van der Waals surface area (Å²) in [6.07, 6.45) is 0.918. The van der Waals surface area contributed by atoms with Crippen molar-refractivity contribution >= 4 is 17.6 Å². The molecule has 1 aromatic carbocycles. The van der Waals surface area contributed by atoms with E-state index < -0.39 is 0 Å². The number of hydrogen-bond donors (Lipinski definition) is 0. The summed E-state index contributed by atoms with van der Waals surface area (Å²) >= 11 is 1.56. The molecule has 0 saturated carbocycles. The van der Waals surface area contributed by atoms with E-state index in [9.17, 15) is 4.79 Å². The summed E-state index contributed by atoms with van der Waals surface area (Å²) in [5, 5.41) is 0. The molecule has 0 aliphatic carbocycles. The Hall–Kier alpha value is -1.41. The second-order valence-electron chi connectivity index (χ2n) is 4.46. The molecular formula is C15H16OS. The van der Waals surface area contributed by atoms with Gasteiger partial charge in [-0.1, -0.05) is 6.07 Å². The van der Waals surface area contributed by atoms with Crippen molar-refractivity contribution in [3.05, 3.63) is 45.3 Å². The number of hydrogen-bond acceptors (Lipinski definition) is 2. The maximum atomic E-state index is 10.8. The molecule has 2 rings (SSSR count). The topological polar surface area (TPSA) is 17.1 Å². The van der Waals surface area contributed by atoms with E-state index in [2.05, 4.69) is 33.8 Å². The van der Waals surface area contributed by atoms with Crippen LogP contribution >= 0.6 is 11.3 Å². The summed E-state index contributed by atoms with van der Waals surface area (Å²) in [5.41, 5.74) is 6.54. The molecule has 0 saturated heterocycles. The van der Waals surface area contributed by atoms with Crippen LogP contribution in [-0.2, 0) is 0 Å². The first-order chi connectivity index (χ1) is 8.04. The Bertz CT molecular complexity index is 553. The third-order valence-electron chi connectivity index (χ3n) is 3.36. The van der Waals surface area contributed by atoms with Crippen molar-refractivity contribution in [3.63, 3.8) is 0 Å². The lowest BCUT2D eigenvalue weighted by molar-refractivity contribution is 0.112. The van der Waals surface area contributed by atoms with Crippen molar-refractivity contribution in [1.82, 2.24) is 0 Å². The fraction of sp³-hybridized carbons (Fsp3) is 0.267. The second kappa shape index (κ2) is 4.46. The van der Waals surface area contributed by atoms with Crippen molar-refractivity contribution in [3.8, 4) is 10.4 Å². The maximum Gasteiger partial charge on any atom is 0.160 e. The molecule has 0 amide bonds. The lowest BCUT2D eigenvalue weighted by Crippen LogP contribution is -1.93. The molecule has 2 heteroatoms. The third kappa shape index (κ3) is 2.05. The lowest BCUT2D eigenvalue weighted by atomic mass is 9.93. The summed E-state index contributed by atoms with van der Waals surface area (Å²) < 4.78 is 0. The van der Waals surface area contributed by atoms with Crippen LogP contribution in [0.5, 0.6) is 0 Å². The summed E-state index contributed by atoms with van der Waals surface area (Å²) in [6.45, 7) is 8.58. The van der Waals surface area contributed by atoms with Gasteiger partial charge < -0.3 is 0 Å². The monoisotopic (exact) mass is 244 g/mol. The average Bonchev–Trinajstić information content (AvgIpc) is 2.75. The quantitative estimate of drug-likeness (QED) is 0.713. The van der Waals surface area contributed by atoms with E-state index in [1.165, 1.54) is 32.7 Å². The predicted octanol–water partition coefficient (Wildman–Crippen LogP) is 4.46. The average molecular weight is 244 g/mol. The summed E-state index contributed by atoms with van der Waals surface area (Å²) in [4.78, 5) is 12.7. The van der Waals surface area contributed by atoms with Gasteiger partial charge in [-0.25, -0.2) is 0 Å². The largest absolute Gasteiger partial charge is 0.297 e. The van der Waals surface area contributed by atoms with Crippen LogP contribution in [0, 0.1) is 27.7 Å². The first kappa shape index (κ1) is 12.1. The maximum absolute atomic E-state index is 10.8. The molecule has 0 N–H and O–H groups in total. The normalized spacial score (nSPS) is 10.6. The second-order valence-corrected chi connectivity index (χ2v) is 5.57. The van der Waals surface area contributed by atoms with Gasteiger partial charge in [-0.2, -0.15) is 0 Å². The van der Waals surface area contributed by atoms with Crippen LogP contribution in [0.15, 0.2) is 18.2 Å². The standard InChI is InChI=1S/C15H16OS/c1-9-7-10(2)12(4)15(11(9)3)14-6-5-13(8-16)17-14/h5-8H,1-4H3.